The Balaban J connectivity index is 2.08. The van der Waals surface area contributed by atoms with Gasteiger partial charge in [-0.1, -0.05) is 24.3 Å². The molecule has 0 aliphatic heterocycles. The van der Waals surface area contributed by atoms with Crippen LogP contribution in [0.3, 0.4) is 0 Å². The Labute approximate surface area is 103 Å². The molecule has 0 amide bonds. The zero-order chi connectivity index (χ0) is 11.1. The van der Waals surface area contributed by atoms with Gasteiger partial charge in [0.2, 0.25) is 5.24 Å². The molecule has 80 valence electrons. The number of hydrogen-bond acceptors (Lipinski definition) is 1. The van der Waals surface area contributed by atoms with Gasteiger partial charge >= 0.3 is 0 Å². The van der Waals surface area contributed by atoms with Gasteiger partial charge in [0.05, 0.1) is 0 Å². The molecule has 1 unspecified atom stereocenters. The van der Waals surface area contributed by atoms with Crippen LogP contribution in [0.15, 0.2) is 24.3 Å². The lowest BCUT2D eigenvalue weighted by Gasteiger charge is -2.02. The largest absolute Gasteiger partial charge is 0.281 e. The van der Waals surface area contributed by atoms with Gasteiger partial charge < -0.3 is 0 Å². The fourth-order valence-electron chi connectivity index (χ4n) is 1.60. The molecule has 1 nitrogen and oxygen atoms in total. The van der Waals surface area contributed by atoms with Gasteiger partial charge in [0, 0.05) is 12.3 Å². The van der Waals surface area contributed by atoms with Crippen LogP contribution in [0.1, 0.15) is 23.5 Å². The Morgan fingerprint density at radius 1 is 1.33 bits per heavy atom. The highest BCUT2D eigenvalue weighted by Gasteiger charge is 2.52. The van der Waals surface area contributed by atoms with Gasteiger partial charge in [0.25, 0.3) is 0 Å². The van der Waals surface area contributed by atoms with Crippen molar-refractivity contribution in [3.8, 4) is 0 Å². The number of carbonyl (C=O) groups is 1. The second-order valence-corrected chi connectivity index (χ2v) is 5.76. The lowest BCUT2D eigenvalue weighted by molar-refractivity contribution is -0.111. The Hall–Kier alpha value is -0.240. The van der Waals surface area contributed by atoms with E-state index in [0.717, 1.165) is 17.5 Å². The number of alkyl halides is 2. The third kappa shape index (κ3) is 2.66. The second kappa shape index (κ2) is 3.97. The minimum atomic E-state index is -0.593. The van der Waals surface area contributed by atoms with Crippen LogP contribution in [0.5, 0.6) is 0 Å². The Bertz CT molecular complexity index is 383. The lowest BCUT2D eigenvalue weighted by Crippen LogP contribution is -1.94. The van der Waals surface area contributed by atoms with Gasteiger partial charge in [-0.05, 0) is 29.1 Å². The molecule has 1 aromatic rings. The van der Waals surface area contributed by atoms with Gasteiger partial charge in [-0.25, -0.2) is 0 Å². The van der Waals surface area contributed by atoms with E-state index in [1.165, 1.54) is 0 Å². The first-order valence-corrected chi connectivity index (χ1v) is 5.77. The fourth-order valence-corrected chi connectivity index (χ4v) is 2.32. The van der Waals surface area contributed by atoms with Crippen LogP contribution in [-0.2, 0) is 11.2 Å². The Kier molecular flexibility index (Phi) is 2.98. The summed E-state index contributed by atoms with van der Waals surface area (Å²) in [4.78, 5) is 10.7. The van der Waals surface area contributed by atoms with E-state index in [4.69, 9.17) is 34.8 Å². The highest BCUT2D eigenvalue weighted by molar-refractivity contribution is 6.63. The molecular weight excluding hydrogens is 254 g/mol. The fraction of sp³-hybridized carbons (Fsp3) is 0.364. The summed E-state index contributed by atoms with van der Waals surface area (Å²) in [7, 11) is 0. The molecule has 0 aromatic heterocycles. The summed E-state index contributed by atoms with van der Waals surface area (Å²) in [5.41, 5.74) is 2.03. The van der Waals surface area contributed by atoms with Crippen molar-refractivity contribution in [2.45, 2.75) is 23.1 Å². The van der Waals surface area contributed by atoms with Crippen molar-refractivity contribution < 1.29 is 4.79 Å². The molecule has 1 aliphatic rings. The zero-order valence-corrected chi connectivity index (χ0v) is 10.1. The highest BCUT2D eigenvalue weighted by Crippen LogP contribution is 2.59. The van der Waals surface area contributed by atoms with E-state index in [9.17, 15) is 4.79 Å². The molecule has 0 spiro atoms. The molecule has 4 heteroatoms. The Morgan fingerprint density at radius 2 is 1.87 bits per heavy atom. The average molecular weight is 264 g/mol. The predicted octanol–water partition coefficient (Wildman–Crippen LogP) is 3.66. The molecule has 0 bridgehead atoms. The van der Waals surface area contributed by atoms with E-state index in [0.29, 0.717) is 0 Å². The maximum atomic E-state index is 10.7. The van der Waals surface area contributed by atoms with Crippen LogP contribution in [0, 0.1) is 0 Å². The monoisotopic (exact) mass is 262 g/mol. The van der Waals surface area contributed by atoms with Gasteiger partial charge in [0.15, 0.2) is 0 Å². The molecule has 0 radical (unpaired) electrons. The average Bonchev–Trinajstić information content (AvgIpc) is 2.75. The lowest BCUT2D eigenvalue weighted by atomic mass is 10.1. The smallest absolute Gasteiger partial charge is 0.226 e. The van der Waals surface area contributed by atoms with Crippen LogP contribution in [0.25, 0.3) is 0 Å². The minimum Gasteiger partial charge on any atom is -0.281 e. The molecule has 2 rings (SSSR count). The third-order valence-electron chi connectivity index (χ3n) is 2.55. The minimum absolute atomic E-state index is 0.224. The van der Waals surface area contributed by atoms with E-state index >= 15 is 0 Å². The van der Waals surface area contributed by atoms with E-state index in [2.05, 4.69) is 0 Å². The Morgan fingerprint density at radius 3 is 2.27 bits per heavy atom. The van der Waals surface area contributed by atoms with E-state index < -0.39 is 4.33 Å². The number of rotatable bonds is 3. The summed E-state index contributed by atoms with van der Waals surface area (Å²) in [5, 5.41) is -0.349. The summed E-state index contributed by atoms with van der Waals surface area (Å²) < 4.78 is -0.593. The van der Waals surface area contributed by atoms with Crippen LogP contribution in [0.2, 0.25) is 0 Å². The summed E-state index contributed by atoms with van der Waals surface area (Å²) >= 11 is 17.2. The first kappa shape index (κ1) is 11.3. The van der Waals surface area contributed by atoms with E-state index in [1.54, 1.807) is 0 Å². The molecule has 1 atom stereocenters. The maximum absolute atomic E-state index is 10.7. The van der Waals surface area contributed by atoms with Crippen molar-refractivity contribution in [2.75, 3.05) is 0 Å². The standard InChI is InChI=1S/C11H9Cl3O/c12-10(15)5-7-1-3-8(4-2-7)9-6-11(9,13)14/h1-4,9H,5-6H2. The summed E-state index contributed by atoms with van der Waals surface area (Å²) in [5.74, 6) is 0.224. The zero-order valence-electron chi connectivity index (χ0n) is 7.84. The number of halogens is 3. The van der Waals surface area contributed by atoms with Crippen molar-refractivity contribution in [3.63, 3.8) is 0 Å². The van der Waals surface area contributed by atoms with Crippen molar-refractivity contribution in [1.29, 1.82) is 0 Å². The summed E-state index contributed by atoms with van der Waals surface area (Å²) in [6.07, 6.45) is 1.06. The van der Waals surface area contributed by atoms with E-state index in [1.807, 2.05) is 24.3 Å². The van der Waals surface area contributed by atoms with Gasteiger partial charge in [-0.2, -0.15) is 0 Å². The van der Waals surface area contributed by atoms with Crippen LogP contribution in [0.4, 0.5) is 0 Å². The maximum Gasteiger partial charge on any atom is 0.226 e. The first-order valence-electron chi connectivity index (χ1n) is 4.64. The molecule has 0 N–H and O–H groups in total. The van der Waals surface area contributed by atoms with Gasteiger partial charge in [-0.15, -0.1) is 23.2 Å². The predicted molar refractivity (Wildman–Crippen MR) is 62.8 cm³/mol. The van der Waals surface area contributed by atoms with Crippen LogP contribution >= 0.6 is 34.8 Å². The van der Waals surface area contributed by atoms with Crippen molar-refractivity contribution in [3.05, 3.63) is 35.4 Å². The quantitative estimate of drug-likeness (QED) is 0.601. The van der Waals surface area contributed by atoms with Crippen LogP contribution < -0.4 is 0 Å². The third-order valence-corrected chi connectivity index (χ3v) is 3.52. The molecule has 0 saturated heterocycles. The summed E-state index contributed by atoms with van der Waals surface area (Å²) in [6.45, 7) is 0. The first-order chi connectivity index (χ1) is 6.99. The molecule has 1 aromatic carbocycles. The summed E-state index contributed by atoms with van der Waals surface area (Å²) in [6, 6.07) is 7.67. The molecular formula is C11H9Cl3O. The topological polar surface area (TPSA) is 17.1 Å². The van der Waals surface area contributed by atoms with Crippen molar-refractivity contribution in [1.82, 2.24) is 0 Å². The van der Waals surface area contributed by atoms with E-state index in [-0.39, 0.29) is 17.6 Å². The second-order valence-electron chi connectivity index (χ2n) is 3.79. The molecule has 0 heterocycles. The SMILES string of the molecule is O=C(Cl)Cc1ccc(C2CC2(Cl)Cl)cc1. The molecule has 1 saturated carbocycles. The molecule has 1 fully saturated rings. The molecule has 1 aliphatic carbocycles. The molecule has 15 heavy (non-hydrogen) atoms. The van der Waals surface area contributed by atoms with Gasteiger partial charge in [-0.3, -0.25) is 4.79 Å². The number of carbonyl (C=O) groups excluding carboxylic acids is 1. The highest BCUT2D eigenvalue weighted by atomic mass is 35.5. The number of benzene rings is 1. The normalized spacial score (nSPS) is 22.5. The van der Waals surface area contributed by atoms with Crippen molar-refractivity contribution >= 4 is 40.0 Å². The van der Waals surface area contributed by atoms with Crippen molar-refractivity contribution in [2.24, 2.45) is 0 Å². The van der Waals surface area contributed by atoms with Gasteiger partial charge in [0.1, 0.15) is 4.33 Å². The van der Waals surface area contributed by atoms with Crippen LogP contribution in [-0.4, -0.2) is 9.58 Å². The number of hydrogen-bond donors (Lipinski definition) is 0.